The highest BCUT2D eigenvalue weighted by Gasteiger charge is 2.00. The van der Waals surface area contributed by atoms with Gasteiger partial charge in [-0.3, -0.25) is 4.99 Å². The van der Waals surface area contributed by atoms with E-state index >= 15 is 0 Å². The van der Waals surface area contributed by atoms with Gasteiger partial charge in [-0.25, -0.2) is 0 Å². The molecule has 0 N–H and O–H groups in total. The molecule has 0 fully saturated rings. The van der Waals surface area contributed by atoms with Crippen molar-refractivity contribution in [2.24, 2.45) is 10.9 Å². The van der Waals surface area contributed by atoms with Crippen molar-refractivity contribution in [1.82, 2.24) is 0 Å². The topological polar surface area (TPSA) is 12.4 Å². The van der Waals surface area contributed by atoms with Gasteiger partial charge in [-0.2, -0.15) is 0 Å². The monoisotopic (exact) mass is 185 g/mol. The molecule has 68 valence electrons. The summed E-state index contributed by atoms with van der Waals surface area (Å²) >= 11 is 5.69. The van der Waals surface area contributed by atoms with E-state index in [2.05, 4.69) is 25.4 Å². The van der Waals surface area contributed by atoms with Gasteiger partial charge < -0.3 is 0 Å². The Balaban J connectivity index is 4.26. The Hall–Kier alpha value is -0.560. The van der Waals surface area contributed by atoms with Gasteiger partial charge in [-0.1, -0.05) is 32.0 Å². The molecule has 0 aliphatic rings. The van der Waals surface area contributed by atoms with E-state index in [1.807, 2.05) is 6.92 Å². The Bertz CT molecular complexity index is 204. The average Bonchev–Trinajstić information content (AvgIpc) is 2.11. The Morgan fingerprint density at radius 1 is 1.67 bits per heavy atom. The summed E-state index contributed by atoms with van der Waals surface area (Å²) in [6, 6.07) is 0. The molecule has 0 aliphatic carbocycles. The Kier molecular flexibility index (Phi) is 5.73. The summed E-state index contributed by atoms with van der Waals surface area (Å²) in [6.07, 6.45) is 4.32. The van der Waals surface area contributed by atoms with Crippen molar-refractivity contribution in [3.8, 4) is 0 Å². The average molecular weight is 186 g/mol. The zero-order valence-corrected chi connectivity index (χ0v) is 8.73. The van der Waals surface area contributed by atoms with Crippen LogP contribution in [0.2, 0.25) is 0 Å². The van der Waals surface area contributed by atoms with Crippen LogP contribution in [-0.2, 0) is 0 Å². The molecule has 1 unspecified atom stereocenters. The maximum Gasteiger partial charge on any atom is 0.0582 e. The molecule has 1 nitrogen and oxygen atoms in total. The van der Waals surface area contributed by atoms with Crippen molar-refractivity contribution >= 4 is 17.3 Å². The molecule has 0 rings (SSSR count). The Labute approximate surface area is 79.8 Å². The number of hydrogen-bond donors (Lipinski definition) is 0. The highest BCUT2D eigenvalue weighted by Crippen LogP contribution is 2.06. The van der Waals surface area contributed by atoms with Gasteiger partial charge in [0, 0.05) is 11.9 Å². The van der Waals surface area contributed by atoms with Crippen LogP contribution in [-0.4, -0.2) is 5.71 Å². The van der Waals surface area contributed by atoms with Gasteiger partial charge in [-0.15, -0.1) is 0 Å². The van der Waals surface area contributed by atoms with Crippen LogP contribution in [0.5, 0.6) is 0 Å². The first kappa shape index (κ1) is 11.4. The minimum atomic E-state index is 0.524. The summed E-state index contributed by atoms with van der Waals surface area (Å²) < 4.78 is 0. The quantitative estimate of drug-likeness (QED) is 0.467. The van der Waals surface area contributed by atoms with Crippen LogP contribution in [0.4, 0.5) is 0 Å². The standard InChI is InChI=1S/C10H16ClN/c1-5-8(3)9(4)12-7-10(11)6-2/h6-8H,2,5H2,1,3-4H3/b10-7+,12-9?. The largest absolute Gasteiger partial charge is 0.264 e. The lowest BCUT2D eigenvalue weighted by Gasteiger charge is -2.05. The second-order valence-corrected chi connectivity index (χ2v) is 3.23. The van der Waals surface area contributed by atoms with Crippen molar-refractivity contribution < 1.29 is 0 Å². The SMILES string of the molecule is C=C/C(Cl)=C\N=C(C)C(C)CC. The van der Waals surface area contributed by atoms with E-state index in [4.69, 9.17) is 11.6 Å². The number of allylic oxidation sites excluding steroid dienone is 2. The lowest BCUT2D eigenvalue weighted by atomic mass is 10.0. The highest BCUT2D eigenvalue weighted by atomic mass is 35.5. The number of aliphatic imine (C=N–C) groups is 1. The molecule has 0 aromatic heterocycles. The smallest absolute Gasteiger partial charge is 0.0582 e. The molecule has 0 amide bonds. The molecule has 0 spiro atoms. The van der Waals surface area contributed by atoms with Crippen LogP contribution >= 0.6 is 11.6 Å². The normalized spacial score (nSPS) is 16.0. The van der Waals surface area contributed by atoms with E-state index in [9.17, 15) is 0 Å². The van der Waals surface area contributed by atoms with Gasteiger partial charge in [0.1, 0.15) is 0 Å². The Morgan fingerprint density at radius 3 is 2.67 bits per heavy atom. The van der Waals surface area contributed by atoms with E-state index in [1.54, 1.807) is 12.3 Å². The number of hydrogen-bond acceptors (Lipinski definition) is 1. The van der Waals surface area contributed by atoms with Crippen molar-refractivity contribution in [3.63, 3.8) is 0 Å². The van der Waals surface area contributed by atoms with E-state index in [-0.39, 0.29) is 0 Å². The predicted octanol–water partition coefficient (Wildman–Crippen LogP) is 3.76. The van der Waals surface area contributed by atoms with E-state index in [0.717, 1.165) is 12.1 Å². The lowest BCUT2D eigenvalue weighted by molar-refractivity contribution is 0.736. The van der Waals surface area contributed by atoms with Crippen molar-refractivity contribution in [2.45, 2.75) is 27.2 Å². The summed E-state index contributed by atoms with van der Waals surface area (Å²) in [5.41, 5.74) is 1.11. The molecule has 0 aliphatic heterocycles. The number of rotatable bonds is 4. The van der Waals surface area contributed by atoms with Crippen LogP contribution in [0.3, 0.4) is 0 Å². The summed E-state index contributed by atoms with van der Waals surface area (Å²) in [7, 11) is 0. The minimum Gasteiger partial charge on any atom is -0.264 e. The van der Waals surface area contributed by atoms with Crippen LogP contribution in [0.25, 0.3) is 0 Å². The van der Waals surface area contributed by atoms with Gasteiger partial charge in [-0.05, 0) is 25.3 Å². The van der Waals surface area contributed by atoms with Crippen molar-refractivity contribution in [3.05, 3.63) is 23.9 Å². The van der Waals surface area contributed by atoms with Gasteiger partial charge in [0.25, 0.3) is 0 Å². The third-order valence-electron chi connectivity index (χ3n) is 1.91. The number of nitrogens with zero attached hydrogens (tertiary/aromatic N) is 1. The Morgan fingerprint density at radius 2 is 2.25 bits per heavy atom. The molecule has 0 bridgehead atoms. The van der Waals surface area contributed by atoms with Gasteiger partial charge >= 0.3 is 0 Å². The van der Waals surface area contributed by atoms with Crippen LogP contribution in [0.1, 0.15) is 27.2 Å². The summed E-state index contributed by atoms with van der Waals surface area (Å²) in [6.45, 7) is 9.83. The molecular formula is C10H16ClN. The van der Waals surface area contributed by atoms with E-state index < -0.39 is 0 Å². The van der Waals surface area contributed by atoms with Gasteiger partial charge in [0.15, 0.2) is 0 Å². The molecule has 0 radical (unpaired) electrons. The zero-order chi connectivity index (χ0) is 9.56. The second-order valence-electron chi connectivity index (χ2n) is 2.80. The maximum atomic E-state index is 5.69. The predicted molar refractivity (Wildman–Crippen MR) is 56.7 cm³/mol. The maximum absolute atomic E-state index is 5.69. The molecule has 1 atom stereocenters. The van der Waals surface area contributed by atoms with Crippen LogP contribution in [0, 0.1) is 5.92 Å². The van der Waals surface area contributed by atoms with Crippen molar-refractivity contribution in [1.29, 1.82) is 0 Å². The third kappa shape index (κ3) is 4.35. The molecule has 2 heteroatoms. The van der Waals surface area contributed by atoms with E-state index in [1.165, 1.54) is 0 Å². The minimum absolute atomic E-state index is 0.524. The molecule has 0 saturated heterocycles. The first-order valence-electron chi connectivity index (χ1n) is 4.14. The summed E-state index contributed by atoms with van der Waals surface area (Å²) in [4.78, 5) is 4.22. The number of halogens is 1. The molecule has 0 heterocycles. The summed E-state index contributed by atoms with van der Waals surface area (Å²) in [5.74, 6) is 0.524. The van der Waals surface area contributed by atoms with Gasteiger partial charge in [0.2, 0.25) is 0 Å². The molecule has 0 aromatic carbocycles. The summed E-state index contributed by atoms with van der Waals surface area (Å²) in [5, 5.41) is 0.581. The van der Waals surface area contributed by atoms with Crippen molar-refractivity contribution in [2.75, 3.05) is 0 Å². The first-order chi connectivity index (χ1) is 5.61. The highest BCUT2D eigenvalue weighted by molar-refractivity contribution is 6.31. The van der Waals surface area contributed by atoms with E-state index in [0.29, 0.717) is 11.0 Å². The molecule has 0 saturated carbocycles. The molecule has 0 aromatic rings. The fourth-order valence-electron chi connectivity index (χ4n) is 0.639. The fraction of sp³-hybridized carbons (Fsp3) is 0.500. The fourth-order valence-corrected chi connectivity index (χ4v) is 0.688. The lowest BCUT2D eigenvalue weighted by Crippen LogP contribution is -2.04. The van der Waals surface area contributed by atoms with Crippen LogP contribution < -0.4 is 0 Å². The molecular weight excluding hydrogens is 170 g/mol. The van der Waals surface area contributed by atoms with Gasteiger partial charge in [0.05, 0.1) is 5.03 Å². The van der Waals surface area contributed by atoms with Crippen LogP contribution in [0.15, 0.2) is 28.9 Å². The molecule has 12 heavy (non-hydrogen) atoms. The second kappa shape index (κ2) is 6.01. The third-order valence-corrected chi connectivity index (χ3v) is 2.16. The zero-order valence-electron chi connectivity index (χ0n) is 7.97. The first-order valence-corrected chi connectivity index (χ1v) is 4.52.